The van der Waals surface area contributed by atoms with Crippen molar-refractivity contribution in [3.63, 3.8) is 0 Å². The molecular weight excluding hydrogens is 304 g/mol. The van der Waals surface area contributed by atoms with Crippen LogP contribution in [0.2, 0.25) is 0 Å². The average Bonchev–Trinajstić information content (AvgIpc) is 2.55. The number of ether oxygens (including phenoxy) is 3. The Hall–Kier alpha value is -1.60. The standard InChI is InChI=1S/C15H24N2O4S/c1-19-11-8-12(20-2)10-13(9-11)21-6-5-17-15(18)14(16)4-7-22-3/h8-10,14H,4-7,16H2,1-3H3,(H,17,18)/t14-/m0/s1. The number of rotatable bonds is 10. The maximum absolute atomic E-state index is 11.7. The molecule has 0 aliphatic heterocycles. The minimum atomic E-state index is -0.468. The smallest absolute Gasteiger partial charge is 0.237 e. The number of carbonyl (C=O) groups is 1. The van der Waals surface area contributed by atoms with Gasteiger partial charge in [-0.3, -0.25) is 4.79 Å². The Bertz CT molecular complexity index is 449. The zero-order valence-corrected chi connectivity index (χ0v) is 14.1. The van der Waals surface area contributed by atoms with Crippen molar-refractivity contribution in [2.75, 3.05) is 39.4 Å². The van der Waals surface area contributed by atoms with E-state index in [0.717, 1.165) is 5.75 Å². The van der Waals surface area contributed by atoms with Crippen LogP contribution in [0.15, 0.2) is 18.2 Å². The predicted octanol–water partition coefficient (Wildman–Crippen LogP) is 1.28. The molecule has 0 aromatic heterocycles. The lowest BCUT2D eigenvalue weighted by atomic mass is 10.2. The van der Waals surface area contributed by atoms with Crippen molar-refractivity contribution < 1.29 is 19.0 Å². The summed E-state index contributed by atoms with van der Waals surface area (Å²) in [5, 5.41) is 2.76. The summed E-state index contributed by atoms with van der Waals surface area (Å²) in [6.07, 6.45) is 2.65. The van der Waals surface area contributed by atoms with E-state index in [-0.39, 0.29) is 5.91 Å². The highest BCUT2D eigenvalue weighted by molar-refractivity contribution is 7.98. The second kappa shape index (κ2) is 10.2. The number of hydrogen-bond acceptors (Lipinski definition) is 6. The first-order valence-electron chi connectivity index (χ1n) is 6.98. The first-order chi connectivity index (χ1) is 10.6. The fraction of sp³-hybridized carbons (Fsp3) is 0.533. The molecule has 0 aliphatic rings. The zero-order chi connectivity index (χ0) is 16.4. The molecule has 0 saturated carbocycles. The van der Waals surface area contributed by atoms with Gasteiger partial charge in [0.25, 0.3) is 0 Å². The summed E-state index contributed by atoms with van der Waals surface area (Å²) in [5.74, 6) is 2.64. The Kier molecular flexibility index (Phi) is 8.54. The molecule has 3 N–H and O–H groups in total. The van der Waals surface area contributed by atoms with Crippen molar-refractivity contribution in [1.82, 2.24) is 5.32 Å². The van der Waals surface area contributed by atoms with E-state index in [1.807, 2.05) is 6.26 Å². The van der Waals surface area contributed by atoms with Gasteiger partial charge >= 0.3 is 0 Å². The number of methoxy groups -OCH3 is 2. The molecule has 22 heavy (non-hydrogen) atoms. The maximum atomic E-state index is 11.7. The Morgan fingerprint density at radius 1 is 1.23 bits per heavy atom. The van der Waals surface area contributed by atoms with Gasteiger partial charge in [-0.15, -0.1) is 0 Å². The van der Waals surface area contributed by atoms with Gasteiger partial charge in [-0.25, -0.2) is 0 Å². The van der Waals surface area contributed by atoms with Crippen molar-refractivity contribution in [3.05, 3.63) is 18.2 Å². The Morgan fingerprint density at radius 3 is 2.36 bits per heavy atom. The van der Waals surface area contributed by atoms with Crippen molar-refractivity contribution in [2.45, 2.75) is 12.5 Å². The second-order valence-electron chi connectivity index (χ2n) is 4.58. The van der Waals surface area contributed by atoms with Gasteiger partial charge in [-0.2, -0.15) is 11.8 Å². The lowest BCUT2D eigenvalue weighted by molar-refractivity contribution is -0.122. The quantitative estimate of drug-likeness (QED) is 0.630. The third kappa shape index (κ3) is 6.44. The van der Waals surface area contributed by atoms with Gasteiger partial charge in [0.2, 0.25) is 5.91 Å². The number of thioether (sulfide) groups is 1. The SMILES string of the molecule is COc1cc(OC)cc(OCCNC(=O)[C@@H](N)CCSC)c1. The van der Waals surface area contributed by atoms with Crippen LogP contribution in [0.25, 0.3) is 0 Å². The molecular formula is C15H24N2O4S. The van der Waals surface area contributed by atoms with Gasteiger partial charge in [0.1, 0.15) is 23.9 Å². The third-order valence-electron chi connectivity index (χ3n) is 2.96. The van der Waals surface area contributed by atoms with Crippen molar-refractivity contribution in [1.29, 1.82) is 0 Å². The molecule has 1 aromatic carbocycles. The van der Waals surface area contributed by atoms with E-state index in [9.17, 15) is 4.79 Å². The molecule has 124 valence electrons. The summed E-state index contributed by atoms with van der Waals surface area (Å²) >= 11 is 1.67. The normalized spacial score (nSPS) is 11.6. The molecule has 6 nitrogen and oxygen atoms in total. The molecule has 0 aliphatic carbocycles. The molecule has 1 aromatic rings. The van der Waals surface area contributed by atoms with Crippen molar-refractivity contribution >= 4 is 17.7 Å². The Balaban J connectivity index is 2.36. The van der Waals surface area contributed by atoms with E-state index in [4.69, 9.17) is 19.9 Å². The first-order valence-corrected chi connectivity index (χ1v) is 8.38. The van der Waals surface area contributed by atoms with Crippen LogP contribution in [0, 0.1) is 0 Å². The summed E-state index contributed by atoms with van der Waals surface area (Å²) in [5.41, 5.74) is 5.77. The van der Waals surface area contributed by atoms with Crippen LogP contribution in [0.1, 0.15) is 6.42 Å². The first kappa shape index (κ1) is 18.4. The van der Waals surface area contributed by atoms with Gasteiger partial charge in [0, 0.05) is 18.2 Å². The summed E-state index contributed by atoms with van der Waals surface area (Å²) in [7, 11) is 3.16. The van der Waals surface area contributed by atoms with Crippen LogP contribution >= 0.6 is 11.8 Å². The largest absolute Gasteiger partial charge is 0.496 e. The highest BCUT2D eigenvalue weighted by Gasteiger charge is 2.12. The van der Waals surface area contributed by atoms with E-state index >= 15 is 0 Å². The van der Waals surface area contributed by atoms with E-state index in [2.05, 4.69) is 5.32 Å². The van der Waals surface area contributed by atoms with E-state index in [1.165, 1.54) is 0 Å². The predicted molar refractivity (Wildman–Crippen MR) is 89.0 cm³/mol. The summed E-state index contributed by atoms with van der Waals surface area (Å²) in [6.45, 7) is 0.739. The van der Waals surface area contributed by atoms with Crippen molar-refractivity contribution in [3.8, 4) is 17.2 Å². The highest BCUT2D eigenvalue weighted by atomic mass is 32.2. The molecule has 1 rings (SSSR count). The van der Waals surface area contributed by atoms with Gasteiger partial charge in [0.15, 0.2) is 0 Å². The molecule has 0 saturated heterocycles. The van der Waals surface area contributed by atoms with Gasteiger partial charge in [-0.05, 0) is 18.4 Å². The number of hydrogen-bond donors (Lipinski definition) is 2. The van der Waals surface area contributed by atoms with E-state index < -0.39 is 6.04 Å². The molecule has 0 spiro atoms. The van der Waals surface area contributed by atoms with Crippen LogP contribution in [0.3, 0.4) is 0 Å². The molecule has 0 radical (unpaired) electrons. The summed E-state index contributed by atoms with van der Waals surface area (Å²) in [6, 6.07) is 4.81. The van der Waals surface area contributed by atoms with Crippen LogP contribution in [-0.4, -0.2) is 51.3 Å². The monoisotopic (exact) mass is 328 g/mol. The Morgan fingerprint density at radius 2 is 1.82 bits per heavy atom. The minimum absolute atomic E-state index is 0.152. The van der Waals surface area contributed by atoms with Gasteiger partial charge in [0.05, 0.1) is 26.8 Å². The molecule has 0 fully saturated rings. The van der Waals surface area contributed by atoms with E-state index in [0.29, 0.717) is 36.8 Å². The molecule has 7 heteroatoms. The van der Waals surface area contributed by atoms with Crippen LogP contribution in [0.5, 0.6) is 17.2 Å². The topological polar surface area (TPSA) is 82.8 Å². The van der Waals surface area contributed by atoms with E-state index in [1.54, 1.807) is 44.2 Å². The second-order valence-corrected chi connectivity index (χ2v) is 5.56. The number of carbonyl (C=O) groups excluding carboxylic acids is 1. The fourth-order valence-electron chi connectivity index (χ4n) is 1.71. The molecule has 1 atom stereocenters. The van der Waals surface area contributed by atoms with Crippen molar-refractivity contribution in [2.24, 2.45) is 5.73 Å². The Labute approximate surface area is 135 Å². The minimum Gasteiger partial charge on any atom is -0.496 e. The van der Waals surface area contributed by atoms with Crippen LogP contribution in [0.4, 0.5) is 0 Å². The number of amides is 1. The summed E-state index contributed by atoms with van der Waals surface area (Å²) in [4.78, 5) is 11.7. The molecule has 0 bridgehead atoms. The molecule has 1 amide bonds. The fourth-order valence-corrected chi connectivity index (χ4v) is 2.20. The maximum Gasteiger partial charge on any atom is 0.237 e. The summed E-state index contributed by atoms with van der Waals surface area (Å²) < 4.78 is 15.9. The molecule has 0 heterocycles. The van der Waals surface area contributed by atoms with Gasteiger partial charge < -0.3 is 25.3 Å². The lowest BCUT2D eigenvalue weighted by Crippen LogP contribution is -2.42. The highest BCUT2D eigenvalue weighted by Crippen LogP contribution is 2.27. The number of benzene rings is 1. The number of nitrogens with two attached hydrogens (primary N) is 1. The zero-order valence-electron chi connectivity index (χ0n) is 13.3. The van der Waals surface area contributed by atoms with Crippen LogP contribution in [-0.2, 0) is 4.79 Å². The average molecular weight is 328 g/mol. The van der Waals surface area contributed by atoms with Crippen LogP contribution < -0.4 is 25.3 Å². The molecule has 0 unspecified atom stereocenters. The van der Waals surface area contributed by atoms with Gasteiger partial charge in [-0.1, -0.05) is 0 Å². The third-order valence-corrected chi connectivity index (χ3v) is 3.61. The number of nitrogens with one attached hydrogen (secondary N) is 1. The lowest BCUT2D eigenvalue weighted by Gasteiger charge is -2.13.